The second-order valence-corrected chi connectivity index (χ2v) is 3.27. The SMILES string of the molecule is CCOC(=O)NCc1ccc(C(F)(F)F)cc1. The third-order valence-electron chi connectivity index (χ3n) is 1.99. The maximum absolute atomic E-state index is 12.2. The van der Waals surface area contributed by atoms with E-state index in [4.69, 9.17) is 0 Å². The number of ether oxygens (including phenoxy) is 1. The molecule has 0 bridgehead atoms. The maximum Gasteiger partial charge on any atom is 0.416 e. The summed E-state index contributed by atoms with van der Waals surface area (Å²) in [4.78, 5) is 10.9. The fraction of sp³-hybridized carbons (Fsp3) is 0.364. The lowest BCUT2D eigenvalue weighted by molar-refractivity contribution is -0.137. The van der Waals surface area contributed by atoms with Gasteiger partial charge in [-0.05, 0) is 24.6 Å². The molecule has 0 fully saturated rings. The Morgan fingerprint density at radius 2 is 1.88 bits per heavy atom. The Bertz CT molecular complexity index is 373. The minimum Gasteiger partial charge on any atom is -0.450 e. The van der Waals surface area contributed by atoms with Crippen LogP contribution in [0.1, 0.15) is 18.1 Å². The molecular formula is C11H12F3NO2. The summed E-state index contributed by atoms with van der Waals surface area (Å²) in [7, 11) is 0. The monoisotopic (exact) mass is 247 g/mol. The molecule has 0 atom stereocenters. The van der Waals surface area contributed by atoms with Crippen LogP contribution in [0.3, 0.4) is 0 Å². The van der Waals surface area contributed by atoms with E-state index < -0.39 is 17.8 Å². The molecule has 0 aliphatic rings. The lowest BCUT2D eigenvalue weighted by Gasteiger charge is -2.08. The number of rotatable bonds is 3. The minimum atomic E-state index is -4.34. The molecule has 1 rings (SSSR count). The van der Waals surface area contributed by atoms with Crippen molar-refractivity contribution in [1.82, 2.24) is 5.32 Å². The van der Waals surface area contributed by atoms with Gasteiger partial charge in [0, 0.05) is 6.54 Å². The van der Waals surface area contributed by atoms with E-state index in [9.17, 15) is 18.0 Å². The highest BCUT2D eigenvalue weighted by Crippen LogP contribution is 2.28. The Kier molecular flexibility index (Phi) is 4.37. The number of carbonyl (C=O) groups is 1. The van der Waals surface area contributed by atoms with Crippen molar-refractivity contribution in [3.63, 3.8) is 0 Å². The molecule has 0 heterocycles. The summed E-state index contributed by atoms with van der Waals surface area (Å²) in [6, 6.07) is 4.58. The molecule has 0 saturated heterocycles. The number of amides is 1. The minimum absolute atomic E-state index is 0.136. The van der Waals surface area contributed by atoms with E-state index >= 15 is 0 Å². The third kappa shape index (κ3) is 4.34. The average Bonchev–Trinajstić information content (AvgIpc) is 2.26. The molecule has 0 aliphatic carbocycles. The third-order valence-corrected chi connectivity index (χ3v) is 1.99. The van der Waals surface area contributed by atoms with E-state index in [1.807, 2.05) is 0 Å². The van der Waals surface area contributed by atoms with Crippen molar-refractivity contribution in [2.75, 3.05) is 6.61 Å². The van der Waals surface area contributed by atoms with Crippen LogP contribution in [-0.2, 0) is 17.5 Å². The molecule has 0 unspecified atom stereocenters. The number of halogens is 3. The van der Waals surface area contributed by atoms with Gasteiger partial charge in [-0.1, -0.05) is 12.1 Å². The highest BCUT2D eigenvalue weighted by molar-refractivity contribution is 5.67. The molecule has 1 N–H and O–H groups in total. The van der Waals surface area contributed by atoms with Gasteiger partial charge in [0.05, 0.1) is 12.2 Å². The van der Waals surface area contributed by atoms with Gasteiger partial charge in [-0.3, -0.25) is 0 Å². The zero-order valence-corrected chi connectivity index (χ0v) is 9.17. The quantitative estimate of drug-likeness (QED) is 0.891. The Labute approximate surface area is 96.6 Å². The highest BCUT2D eigenvalue weighted by atomic mass is 19.4. The van der Waals surface area contributed by atoms with Crippen LogP contribution < -0.4 is 5.32 Å². The first-order chi connectivity index (χ1) is 7.93. The Morgan fingerprint density at radius 1 is 1.29 bits per heavy atom. The maximum atomic E-state index is 12.2. The largest absolute Gasteiger partial charge is 0.450 e. The molecule has 3 nitrogen and oxygen atoms in total. The number of alkyl carbamates (subject to hydrolysis) is 1. The zero-order valence-electron chi connectivity index (χ0n) is 9.17. The number of hydrogen-bond donors (Lipinski definition) is 1. The fourth-order valence-corrected chi connectivity index (χ4v) is 1.17. The van der Waals surface area contributed by atoms with Crippen LogP contribution in [0.15, 0.2) is 24.3 Å². The topological polar surface area (TPSA) is 38.3 Å². The van der Waals surface area contributed by atoms with Crippen LogP contribution in [0, 0.1) is 0 Å². The molecule has 0 aliphatic heterocycles. The van der Waals surface area contributed by atoms with Gasteiger partial charge in [0.15, 0.2) is 0 Å². The molecule has 1 amide bonds. The number of hydrogen-bond acceptors (Lipinski definition) is 2. The van der Waals surface area contributed by atoms with Gasteiger partial charge < -0.3 is 10.1 Å². The second-order valence-electron chi connectivity index (χ2n) is 3.27. The summed E-state index contributed by atoms with van der Waals surface area (Å²) in [6.45, 7) is 2.05. The Hall–Kier alpha value is -1.72. The molecule has 0 saturated carbocycles. The van der Waals surface area contributed by atoms with Crippen molar-refractivity contribution in [3.8, 4) is 0 Å². The van der Waals surface area contributed by atoms with Gasteiger partial charge in [-0.2, -0.15) is 13.2 Å². The van der Waals surface area contributed by atoms with Crippen LogP contribution >= 0.6 is 0 Å². The fourth-order valence-electron chi connectivity index (χ4n) is 1.17. The van der Waals surface area contributed by atoms with Crippen LogP contribution in [-0.4, -0.2) is 12.7 Å². The van der Waals surface area contributed by atoms with Crippen LogP contribution in [0.2, 0.25) is 0 Å². The summed E-state index contributed by atoms with van der Waals surface area (Å²) in [5, 5.41) is 2.42. The first-order valence-corrected chi connectivity index (χ1v) is 5.00. The molecule has 1 aromatic carbocycles. The average molecular weight is 247 g/mol. The standard InChI is InChI=1S/C11H12F3NO2/c1-2-17-10(16)15-7-8-3-5-9(6-4-8)11(12,13)14/h3-6H,2,7H2,1H3,(H,15,16). The van der Waals surface area contributed by atoms with Crippen molar-refractivity contribution in [2.45, 2.75) is 19.6 Å². The predicted molar refractivity (Wildman–Crippen MR) is 55.3 cm³/mol. The number of nitrogens with one attached hydrogen (secondary N) is 1. The number of benzene rings is 1. The highest BCUT2D eigenvalue weighted by Gasteiger charge is 2.29. The summed E-state index contributed by atoms with van der Waals surface area (Å²) in [6.07, 6.45) is -4.93. The van der Waals surface area contributed by atoms with E-state index in [-0.39, 0.29) is 13.2 Å². The van der Waals surface area contributed by atoms with Gasteiger partial charge in [-0.15, -0.1) is 0 Å². The smallest absolute Gasteiger partial charge is 0.416 e. The molecule has 94 valence electrons. The summed E-state index contributed by atoms with van der Waals surface area (Å²) in [5.41, 5.74) is -0.136. The molecule has 0 aromatic heterocycles. The molecule has 6 heteroatoms. The molecule has 0 spiro atoms. The summed E-state index contributed by atoms with van der Waals surface area (Å²) in [5.74, 6) is 0. The van der Waals surface area contributed by atoms with Gasteiger partial charge in [0.25, 0.3) is 0 Å². The normalized spacial score (nSPS) is 11.1. The first kappa shape index (κ1) is 13.3. The van der Waals surface area contributed by atoms with Crippen molar-refractivity contribution in [3.05, 3.63) is 35.4 Å². The van der Waals surface area contributed by atoms with E-state index in [0.717, 1.165) is 12.1 Å². The van der Waals surface area contributed by atoms with Crippen molar-refractivity contribution in [2.24, 2.45) is 0 Å². The number of carbonyl (C=O) groups excluding carboxylic acids is 1. The van der Waals surface area contributed by atoms with Gasteiger partial charge in [-0.25, -0.2) is 4.79 Å². The lowest BCUT2D eigenvalue weighted by atomic mass is 10.1. The van der Waals surface area contributed by atoms with Crippen molar-refractivity contribution >= 4 is 6.09 Å². The second kappa shape index (κ2) is 5.56. The summed E-state index contributed by atoms with van der Waals surface area (Å²) >= 11 is 0. The van der Waals surface area contributed by atoms with E-state index in [0.29, 0.717) is 5.56 Å². The Balaban J connectivity index is 2.54. The van der Waals surface area contributed by atoms with E-state index in [1.165, 1.54) is 12.1 Å². The first-order valence-electron chi connectivity index (χ1n) is 5.00. The van der Waals surface area contributed by atoms with Gasteiger partial charge in [0.2, 0.25) is 0 Å². The van der Waals surface area contributed by atoms with Crippen LogP contribution in [0.5, 0.6) is 0 Å². The van der Waals surface area contributed by atoms with E-state index in [1.54, 1.807) is 6.92 Å². The lowest BCUT2D eigenvalue weighted by Crippen LogP contribution is -2.23. The molecule has 0 radical (unpaired) electrons. The van der Waals surface area contributed by atoms with Gasteiger partial charge >= 0.3 is 12.3 Å². The summed E-state index contributed by atoms with van der Waals surface area (Å²) < 4.78 is 41.3. The van der Waals surface area contributed by atoms with Gasteiger partial charge in [0.1, 0.15) is 0 Å². The predicted octanol–water partition coefficient (Wildman–Crippen LogP) is 2.95. The van der Waals surface area contributed by atoms with Crippen molar-refractivity contribution < 1.29 is 22.7 Å². The molecule has 1 aromatic rings. The van der Waals surface area contributed by atoms with Crippen LogP contribution in [0.4, 0.5) is 18.0 Å². The van der Waals surface area contributed by atoms with Crippen LogP contribution in [0.25, 0.3) is 0 Å². The molecular weight excluding hydrogens is 235 g/mol. The van der Waals surface area contributed by atoms with Crippen molar-refractivity contribution in [1.29, 1.82) is 0 Å². The molecule has 17 heavy (non-hydrogen) atoms. The zero-order chi connectivity index (χ0) is 12.9. The number of alkyl halides is 3. The van der Waals surface area contributed by atoms with E-state index in [2.05, 4.69) is 10.1 Å². The Morgan fingerprint density at radius 3 is 2.35 bits per heavy atom.